The Hall–Kier alpha value is -5.98. The van der Waals surface area contributed by atoms with E-state index in [2.05, 4.69) is 59.4 Å². The molecule has 0 aromatic heterocycles. The molecular formula is C59H98N10O8. The van der Waals surface area contributed by atoms with Gasteiger partial charge in [-0.15, -0.1) is 0 Å². The number of amides is 8. The Morgan fingerprint density at radius 2 is 0.740 bits per heavy atom. The third kappa shape index (κ3) is 36.6. The zero-order valence-corrected chi connectivity index (χ0v) is 46.5. The van der Waals surface area contributed by atoms with Gasteiger partial charge in [0.1, 0.15) is 0 Å². The number of allylic oxidation sites excluding steroid dienone is 4. The minimum absolute atomic E-state index is 0. The van der Waals surface area contributed by atoms with Gasteiger partial charge in [0.25, 0.3) is 23.6 Å². The maximum Gasteiger partial charge on any atom is 0.253 e. The van der Waals surface area contributed by atoms with Gasteiger partial charge in [-0.05, 0) is 152 Å². The molecule has 0 fully saturated rings. The average Bonchev–Trinajstić information content (AvgIpc) is 3.90. The van der Waals surface area contributed by atoms with E-state index in [4.69, 9.17) is 11.5 Å². The number of nitriles is 2. The first kappa shape index (κ1) is 71.0. The number of nitrogens with two attached hydrogens (primary N) is 2. The molecule has 0 aliphatic carbocycles. The summed E-state index contributed by atoms with van der Waals surface area (Å²) >= 11 is 0. The van der Waals surface area contributed by atoms with Gasteiger partial charge < -0.3 is 32.7 Å². The molecule has 0 saturated heterocycles. The molecule has 2 aliphatic heterocycles. The van der Waals surface area contributed by atoms with Crippen LogP contribution in [0.1, 0.15) is 176 Å². The molecule has 2 rings (SSSR count). The van der Waals surface area contributed by atoms with E-state index in [1.807, 2.05) is 26.0 Å². The fourth-order valence-corrected chi connectivity index (χ4v) is 8.32. The van der Waals surface area contributed by atoms with Crippen molar-refractivity contribution in [1.82, 2.24) is 31.1 Å². The van der Waals surface area contributed by atoms with E-state index in [-0.39, 0.29) is 78.4 Å². The van der Waals surface area contributed by atoms with Crippen LogP contribution in [0.2, 0.25) is 0 Å². The normalized spacial score (nSPS) is 15.3. The topological polar surface area (TPSA) is 291 Å². The maximum absolute atomic E-state index is 12.2. The monoisotopic (exact) mass is 1070 g/mol. The quantitative estimate of drug-likeness (QED) is 0.0199. The number of hydrogen-bond donors (Lipinski definition) is 6. The van der Waals surface area contributed by atoms with Gasteiger partial charge in [-0.2, -0.15) is 10.5 Å². The smallest absolute Gasteiger partial charge is 0.253 e. The predicted octanol–water partition coefficient (Wildman–Crippen LogP) is 7.36. The van der Waals surface area contributed by atoms with Crippen LogP contribution in [0.5, 0.6) is 0 Å². The van der Waals surface area contributed by atoms with Crippen molar-refractivity contribution < 1.29 is 38.4 Å². The molecule has 77 heavy (non-hydrogen) atoms. The predicted molar refractivity (Wildman–Crippen MR) is 303 cm³/mol. The van der Waals surface area contributed by atoms with Crippen LogP contribution >= 0.6 is 0 Å². The van der Waals surface area contributed by atoms with Crippen LogP contribution in [0.3, 0.4) is 0 Å². The van der Waals surface area contributed by atoms with Crippen molar-refractivity contribution >= 4 is 47.3 Å². The van der Waals surface area contributed by atoms with Crippen molar-refractivity contribution in [2.24, 2.45) is 47.0 Å². The second-order valence-corrected chi connectivity index (χ2v) is 20.7. The van der Waals surface area contributed by atoms with Crippen molar-refractivity contribution in [3.8, 4) is 12.1 Å². The number of nitrogens with zero attached hydrogens (tertiary/aromatic N) is 4. The fourth-order valence-electron chi connectivity index (χ4n) is 8.32. The zero-order valence-electron chi connectivity index (χ0n) is 46.5. The molecule has 6 unspecified atom stereocenters. The van der Waals surface area contributed by atoms with Crippen LogP contribution < -0.4 is 32.7 Å². The molecule has 0 saturated carbocycles. The molecule has 2 heterocycles. The standard InChI is InChI=1S/C33H47N5O6.C25H47N5O2.CH4/c1-25(23-37-30(41)16-17-31(37)42)10-8-20-35-28(39)13-7-5-3-4-6-12-27(22-34)14-15-29(40)36-21-9-11-26(2)24-38-32(43)18-19-33(38)44;1-21(18-26)10-8-16-29-24(31)13-7-5-3-4-6-12-23(20-28)14-15-25(32)30-17-9-11-22(2)19-27;/h3-4,16-19,25-27H,5-15,20-21,23-24H2,1-2H3,(H,35,39)(H,36,40);3-4,21-23H,5-19,26-27H2,1-2H3,(H,29,31)(H,30,32);1H4/b2*4-3+;. The third-order valence-corrected chi connectivity index (χ3v) is 13.4. The summed E-state index contributed by atoms with van der Waals surface area (Å²) in [5.41, 5.74) is 11.2. The molecule has 0 radical (unpaired) electrons. The summed E-state index contributed by atoms with van der Waals surface area (Å²) in [6.45, 7) is 12.8. The highest BCUT2D eigenvalue weighted by atomic mass is 16.2. The molecule has 18 nitrogen and oxygen atoms in total. The van der Waals surface area contributed by atoms with Gasteiger partial charge in [-0.25, -0.2) is 0 Å². The lowest BCUT2D eigenvalue weighted by atomic mass is 9.98. The number of imide groups is 2. The molecule has 8 amide bonds. The lowest BCUT2D eigenvalue weighted by molar-refractivity contribution is -0.139. The van der Waals surface area contributed by atoms with Crippen LogP contribution in [-0.2, 0) is 38.4 Å². The summed E-state index contributed by atoms with van der Waals surface area (Å²) in [7, 11) is 0. The second kappa shape index (κ2) is 45.1. The molecule has 0 aromatic carbocycles. The van der Waals surface area contributed by atoms with Gasteiger partial charge in [0.15, 0.2) is 0 Å². The van der Waals surface area contributed by atoms with Gasteiger partial charge in [-0.1, -0.05) is 59.4 Å². The fraction of sp³-hybridized carbons (Fsp3) is 0.695. The van der Waals surface area contributed by atoms with Gasteiger partial charge >= 0.3 is 0 Å². The maximum atomic E-state index is 12.2. The van der Waals surface area contributed by atoms with Crippen LogP contribution in [-0.4, -0.2) is 109 Å². The summed E-state index contributed by atoms with van der Waals surface area (Å²) in [6.07, 6.45) is 29.4. The zero-order chi connectivity index (χ0) is 56.4. The Morgan fingerprint density at radius 3 is 1.04 bits per heavy atom. The molecule has 18 heteroatoms. The summed E-state index contributed by atoms with van der Waals surface area (Å²) in [5.74, 6) is -0.0263. The first-order valence-corrected chi connectivity index (χ1v) is 28.2. The Bertz CT molecular complexity index is 1940. The van der Waals surface area contributed by atoms with Crippen molar-refractivity contribution in [3.63, 3.8) is 0 Å². The first-order valence-electron chi connectivity index (χ1n) is 28.2. The summed E-state index contributed by atoms with van der Waals surface area (Å²) in [6, 6.07) is 4.60. The Labute approximate surface area is 462 Å². The van der Waals surface area contributed by atoms with Crippen LogP contribution in [0, 0.1) is 58.2 Å². The molecule has 6 atom stereocenters. The molecule has 0 spiro atoms. The van der Waals surface area contributed by atoms with E-state index in [0.717, 1.165) is 103 Å². The molecule has 432 valence electrons. The number of hydrogen-bond acceptors (Lipinski definition) is 12. The van der Waals surface area contributed by atoms with E-state index < -0.39 is 0 Å². The highest BCUT2D eigenvalue weighted by Crippen LogP contribution is 2.17. The van der Waals surface area contributed by atoms with E-state index >= 15 is 0 Å². The largest absolute Gasteiger partial charge is 0.356 e. The van der Waals surface area contributed by atoms with Crippen LogP contribution in [0.25, 0.3) is 0 Å². The molecule has 8 N–H and O–H groups in total. The second-order valence-electron chi connectivity index (χ2n) is 20.7. The van der Waals surface area contributed by atoms with E-state index in [1.165, 1.54) is 34.1 Å². The van der Waals surface area contributed by atoms with Gasteiger partial charge in [0, 0.05) is 101 Å². The summed E-state index contributed by atoms with van der Waals surface area (Å²) < 4.78 is 0. The summed E-state index contributed by atoms with van der Waals surface area (Å²) in [4.78, 5) is 97.0. The van der Waals surface area contributed by atoms with Crippen molar-refractivity contribution in [3.05, 3.63) is 48.6 Å². The van der Waals surface area contributed by atoms with E-state index in [1.54, 1.807) is 0 Å². The number of carbonyl (C=O) groups is 8. The molecule has 0 aromatic rings. The SMILES string of the molecule is C.CC(CCCNC(=O)CCC/C=C/CCC(C#N)CCC(=O)NCCCC(C)CN1C(=O)C=CC1=O)CN1C(=O)C=CC1=O.CC(CN)CCCNC(=O)CCC/C=C/CCC(C#N)CCC(=O)NCCCC(C)CN. The molecule has 2 aliphatic rings. The minimum atomic E-state index is -0.277. The molecular weight excluding hydrogens is 977 g/mol. The first-order chi connectivity index (χ1) is 36.5. The van der Waals surface area contributed by atoms with Gasteiger partial charge in [0.05, 0.1) is 12.1 Å². The Balaban J connectivity index is 0.00000156. The average molecular weight is 1080 g/mol. The Morgan fingerprint density at radius 1 is 0.455 bits per heavy atom. The van der Waals surface area contributed by atoms with Crippen molar-refractivity contribution in [2.45, 2.75) is 176 Å². The summed E-state index contributed by atoms with van der Waals surface area (Å²) in [5, 5.41) is 30.4. The minimum Gasteiger partial charge on any atom is -0.356 e. The van der Waals surface area contributed by atoms with Gasteiger partial charge in [-0.3, -0.25) is 48.2 Å². The number of nitrogens with one attached hydrogen (secondary N) is 4. The number of unbranched alkanes of at least 4 members (excludes halogenated alkanes) is 2. The Kier molecular flexibility index (Phi) is 41.6. The van der Waals surface area contributed by atoms with Gasteiger partial charge in [0.2, 0.25) is 23.6 Å². The van der Waals surface area contributed by atoms with E-state index in [9.17, 15) is 48.9 Å². The van der Waals surface area contributed by atoms with Crippen LogP contribution in [0.15, 0.2) is 48.6 Å². The van der Waals surface area contributed by atoms with Crippen molar-refractivity contribution in [1.29, 1.82) is 10.5 Å². The highest BCUT2D eigenvalue weighted by molar-refractivity contribution is 6.13. The van der Waals surface area contributed by atoms with Crippen molar-refractivity contribution in [2.75, 3.05) is 52.4 Å². The van der Waals surface area contributed by atoms with Crippen LogP contribution in [0.4, 0.5) is 0 Å². The number of rotatable bonds is 42. The third-order valence-electron chi connectivity index (χ3n) is 13.4. The number of carbonyl (C=O) groups excluding carboxylic acids is 8. The molecule has 0 bridgehead atoms. The van der Waals surface area contributed by atoms with E-state index in [0.29, 0.717) is 103 Å². The highest BCUT2D eigenvalue weighted by Gasteiger charge is 2.26. The lowest BCUT2D eigenvalue weighted by Gasteiger charge is -2.19. The lowest BCUT2D eigenvalue weighted by Crippen LogP contribution is -2.34.